The van der Waals surface area contributed by atoms with Gasteiger partial charge < -0.3 is 4.90 Å². The predicted octanol–water partition coefficient (Wildman–Crippen LogP) is 4.57. The molecule has 3 atom stereocenters. The first-order valence-electron chi connectivity index (χ1n) is 8.41. The van der Waals surface area contributed by atoms with Gasteiger partial charge in [0.2, 0.25) is 5.91 Å². The number of hydrogen-bond donors (Lipinski definition) is 0. The van der Waals surface area contributed by atoms with E-state index in [0.717, 1.165) is 29.3 Å². The van der Waals surface area contributed by atoms with Gasteiger partial charge in [-0.15, -0.1) is 11.3 Å². The van der Waals surface area contributed by atoms with Gasteiger partial charge in [0, 0.05) is 25.9 Å². The maximum Gasteiger partial charge on any atom is 0.219 e. The second-order valence-corrected chi connectivity index (χ2v) is 8.70. The Morgan fingerprint density at radius 3 is 2.59 bits per heavy atom. The van der Waals surface area contributed by atoms with Crippen molar-refractivity contribution in [1.29, 1.82) is 0 Å². The normalized spacial score (nSPS) is 30.5. The molecular weight excluding hydrogens is 316 g/mol. The number of halogens is 1. The summed E-state index contributed by atoms with van der Waals surface area (Å²) in [6, 6.07) is 0. The number of rotatable bonds is 2. The molecule has 0 bridgehead atoms. The summed E-state index contributed by atoms with van der Waals surface area (Å²) in [5, 5.41) is 1.23. The summed E-state index contributed by atoms with van der Waals surface area (Å²) in [5.74, 6) is 3.07. The van der Waals surface area contributed by atoms with E-state index in [4.69, 9.17) is 11.6 Å². The summed E-state index contributed by atoms with van der Waals surface area (Å²) >= 11 is 7.73. The van der Waals surface area contributed by atoms with Gasteiger partial charge in [0.15, 0.2) is 0 Å². The Labute approximate surface area is 142 Å². The summed E-state index contributed by atoms with van der Waals surface area (Å²) in [6.45, 7) is 5.93. The lowest BCUT2D eigenvalue weighted by atomic mass is 9.68. The van der Waals surface area contributed by atoms with Crippen LogP contribution < -0.4 is 0 Å². The summed E-state index contributed by atoms with van der Waals surface area (Å²) in [7, 11) is 0. The number of nitrogens with zero attached hydrogens (tertiary/aromatic N) is 2. The van der Waals surface area contributed by atoms with Crippen LogP contribution in [0.25, 0.3) is 0 Å². The average Bonchev–Trinajstić information content (AvgIpc) is 2.94. The molecule has 1 amide bonds. The number of hydrogen-bond acceptors (Lipinski definition) is 3. The first-order valence-corrected chi connectivity index (χ1v) is 9.60. The predicted molar refractivity (Wildman–Crippen MR) is 91.3 cm³/mol. The fourth-order valence-corrected chi connectivity index (χ4v) is 5.43. The molecule has 122 valence electrons. The molecule has 5 heteroatoms. The fourth-order valence-electron chi connectivity index (χ4n) is 4.25. The standard InChI is InChI=1S/C17H25ClN2OS/c1-11-3-4-14(9-15(11)17-19-10-16(18)22-17)13-5-7-20(8-6-13)12(2)21/h10-11,13-15H,3-9H2,1-2H3. The van der Waals surface area contributed by atoms with Crippen LogP contribution in [0.1, 0.15) is 56.9 Å². The minimum Gasteiger partial charge on any atom is -0.343 e. The molecule has 1 saturated heterocycles. The molecule has 1 aromatic rings. The van der Waals surface area contributed by atoms with Crippen molar-refractivity contribution in [3.8, 4) is 0 Å². The lowest BCUT2D eigenvalue weighted by Crippen LogP contribution is -2.40. The van der Waals surface area contributed by atoms with Gasteiger partial charge in [-0.05, 0) is 49.9 Å². The molecule has 0 aromatic carbocycles. The zero-order valence-electron chi connectivity index (χ0n) is 13.4. The Morgan fingerprint density at radius 1 is 1.27 bits per heavy atom. The monoisotopic (exact) mass is 340 g/mol. The van der Waals surface area contributed by atoms with E-state index in [9.17, 15) is 4.79 Å². The smallest absolute Gasteiger partial charge is 0.219 e. The number of amides is 1. The summed E-state index contributed by atoms with van der Waals surface area (Å²) in [4.78, 5) is 18.0. The molecule has 1 aliphatic heterocycles. The molecule has 0 radical (unpaired) electrons. The molecular formula is C17H25ClN2OS. The second-order valence-electron chi connectivity index (χ2n) is 7.00. The van der Waals surface area contributed by atoms with E-state index < -0.39 is 0 Å². The maximum atomic E-state index is 11.5. The van der Waals surface area contributed by atoms with E-state index in [1.54, 1.807) is 24.5 Å². The van der Waals surface area contributed by atoms with Crippen molar-refractivity contribution in [2.24, 2.45) is 17.8 Å². The highest BCUT2D eigenvalue weighted by Gasteiger charge is 2.35. The molecule has 22 heavy (non-hydrogen) atoms. The molecule has 3 rings (SSSR count). The van der Waals surface area contributed by atoms with Crippen molar-refractivity contribution >= 4 is 28.8 Å². The first-order chi connectivity index (χ1) is 10.5. The van der Waals surface area contributed by atoms with Crippen molar-refractivity contribution in [1.82, 2.24) is 9.88 Å². The van der Waals surface area contributed by atoms with Crippen LogP contribution in [0.3, 0.4) is 0 Å². The van der Waals surface area contributed by atoms with Gasteiger partial charge in [0.05, 0.1) is 11.2 Å². The Hall–Kier alpha value is -0.610. The van der Waals surface area contributed by atoms with Gasteiger partial charge in [-0.1, -0.05) is 18.5 Å². The minimum atomic E-state index is 0.228. The van der Waals surface area contributed by atoms with Gasteiger partial charge in [-0.25, -0.2) is 4.98 Å². The van der Waals surface area contributed by atoms with Gasteiger partial charge in [-0.2, -0.15) is 0 Å². The molecule has 1 saturated carbocycles. The number of aromatic nitrogens is 1. The van der Waals surface area contributed by atoms with Crippen molar-refractivity contribution in [3.05, 3.63) is 15.5 Å². The number of thiazole rings is 1. The highest BCUT2D eigenvalue weighted by atomic mass is 35.5. The maximum absolute atomic E-state index is 11.5. The fraction of sp³-hybridized carbons (Fsp3) is 0.765. The number of carbonyl (C=O) groups excluding carboxylic acids is 1. The van der Waals surface area contributed by atoms with Crippen molar-refractivity contribution in [3.63, 3.8) is 0 Å². The number of likely N-dealkylation sites (tertiary alicyclic amines) is 1. The Balaban J connectivity index is 1.62. The zero-order chi connectivity index (χ0) is 15.7. The summed E-state index contributed by atoms with van der Waals surface area (Å²) in [5.41, 5.74) is 0. The lowest BCUT2D eigenvalue weighted by Gasteiger charge is -2.41. The average molecular weight is 341 g/mol. The molecule has 0 spiro atoms. The Bertz CT molecular complexity index is 524. The van der Waals surface area contributed by atoms with Crippen molar-refractivity contribution in [2.75, 3.05) is 13.1 Å². The number of carbonyl (C=O) groups is 1. The largest absolute Gasteiger partial charge is 0.343 e. The van der Waals surface area contributed by atoms with E-state index in [2.05, 4.69) is 11.9 Å². The first kappa shape index (κ1) is 16.3. The Morgan fingerprint density at radius 2 is 2.00 bits per heavy atom. The van der Waals surface area contributed by atoms with Crippen LogP contribution in [-0.2, 0) is 4.79 Å². The third-order valence-corrected chi connectivity index (χ3v) is 6.95. The van der Waals surface area contributed by atoms with E-state index >= 15 is 0 Å². The van der Waals surface area contributed by atoms with Crippen molar-refractivity contribution in [2.45, 2.75) is 51.9 Å². The number of piperidine rings is 1. The molecule has 0 N–H and O–H groups in total. The summed E-state index contributed by atoms with van der Waals surface area (Å²) in [6.07, 6.45) is 8.01. The van der Waals surface area contributed by atoms with Crippen LogP contribution in [0.15, 0.2) is 6.20 Å². The highest BCUT2D eigenvalue weighted by molar-refractivity contribution is 7.15. The zero-order valence-corrected chi connectivity index (χ0v) is 15.0. The van der Waals surface area contributed by atoms with Crippen LogP contribution in [0.5, 0.6) is 0 Å². The third-order valence-electron chi connectivity index (χ3n) is 5.70. The van der Waals surface area contributed by atoms with Crippen molar-refractivity contribution < 1.29 is 4.79 Å². The molecule has 1 aliphatic carbocycles. The quantitative estimate of drug-likeness (QED) is 0.789. The second kappa shape index (κ2) is 6.88. The molecule has 3 nitrogen and oxygen atoms in total. The van der Waals surface area contributed by atoms with Gasteiger partial charge >= 0.3 is 0 Å². The Kier molecular flexibility index (Phi) is 5.08. The van der Waals surface area contributed by atoms with Crippen LogP contribution in [0, 0.1) is 17.8 Å². The molecule has 2 aliphatic rings. The molecule has 2 fully saturated rings. The lowest BCUT2D eigenvalue weighted by molar-refractivity contribution is -0.130. The summed E-state index contributed by atoms with van der Waals surface area (Å²) < 4.78 is 0.805. The third kappa shape index (κ3) is 3.48. The SMILES string of the molecule is CC(=O)N1CCC(C2CCC(C)C(c3ncc(Cl)s3)C2)CC1. The van der Waals surface area contributed by atoms with Gasteiger partial charge in [-0.3, -0.25) is 4.79 Å². The molecule has 3 unspecified atom stereocenters. The highest BCUT2D eigenvalue weighted by Crippen LogP contribution is 2.46. The van der Waals surface area contributed by atoms with E-state index in [1.807, 2.05) is 4.90 Å². The van der Waals surface area contributed by atoms with Gasteiger partial charge in [0.25, 0.3) is 0 Å². The van der Waals surface area contributed by atoms with E-state index in [-0.39, 0.29) is 5.91 Å². The van der Waals surface area contributed by atoms with Crippen LogP contribution >= 0.6 is 22.9 Å². The molecule has 1 aromatic heterocycles. The minimum absolute atomic E-state index is 0.228. The van der Waals surface area contributed by atoms with Crippen LogP contribution in [-0.4, -0.2) is 28.9 Å². The van der Waals surface area contributed by atoms with E-state index in [0.29, 0.717) is 11.8 Å². The van der Waals surface area contributed by atoms with Crippen LogP contribution in [0.2, 0.25) is 4.34 Å². The van der Waals surface area contributed by atoms with E-state index in [1.165, 1.54) is 37.1 Å². The molecule has 2 heterocycles. The topological polar surface area (TPSA) is 33.2 Å². The van der Waals surface area contributed by atoms with Gasteiger partial charge in [0.1, 0.15) is 4.34 Å². The van der Waals surface area contributed by atoms with Crippen LogP contribution in [0.4, 0.5) is 0 Å².